The maximum atomic E-state index is 13.3. The first-order chi connectivity index (χ1) is 16.6. The predicted octanol–water partition coefficient (Wildman–Crippen LogP) is 4.54. The Morgan fingerprint density at radius 3 is 2.41 bits per heavy atom. The molecule has 0 unspecified atom stereocenters. The van der Waals surface area contributed by atoms with E-state index in [-0.39, 0.29) is 5.56 Å². The quantitative estimate of drug-likeness (QED) is 0.326. The van der Waals surface area contributed by atoms with E-state index in [4.69, 9.17) is 9.72 Å². The number of hydrogen-bond donors (Lipinski definition) is 0. The summed E-state index contributed by atoms with van der Waals surface area (Å²) in [6.45, 7) is 0.462. The molecule has 0 radical (unpaired) electrons. The molecule has 0 spiro atoms. The fourth-order valence-electron chi connectivity index (χ4n) is 3.81. The smallest absolute Gasteiger partial charge is 0.261 e. The largest absolute Gasteiger partial charge is 0.497 e. The summed E-state index contributed by atoms with van der Waals surface area (Å²) in [6, 6.07) is 25.1. The Labute approximate surface area is 201 Å². The molecule has 0 N–H and O–H groups in total. The third-order valence-corrected chi connectivity index (χ3v) is 6.65. The van der Waals surface area contributed by atoms with Crippen LogP contribution in [-0.4, -0.2) is 31.4 Å². The number of fused-ring (bicyclic) bond motifs is 1. The number of para-hydroxylation sites is 1. The van der Waals surface area contributed by atoms with E-state index < -0.39 is 0 Å². The van der Waals surface area contributed by atoms with Gasteiger partial charge in [0.2, 0.25) is 0 Å². The lowest BCUT2D eigenvalue weighted by molar-refractivity contribution is 0.415. The minimum Gasteiger partial charge on any atom is -0.497 e. The lowest BCUT2D eigenvalue weighted by Gasteiger charge is -2.13. The van der Waals surface area contributed by atoms with Crippen LogP contribution in [0, 0.1) is 0 Å². The number of aromatic nitrogens is 5. The van der Waals surface area contributed by atoms with Crippen molar-refractivity contribution in [3.05, 3.63) is 101 Å². The van der Waals surface area contributed by atoms with Gasteiger partial charge in [0.15, 0.2) is 11.0 Å². The van der Waals surface area contributed by atoms with E-state index in [0.717, 1.165) is 27.9 Å². The highest BCUT2D eigenvalue weighted by atomic mass is 32.2. The summed E-state index contributed by atoms with van der Waals surface area (Å²) in [7, 11) is 3.58. The fraction of sp³-hybridized carbons (Fsp3) is 0.154. The van der Waals surface area contributed by atoms with Crippen LogP contribution in [0.4, 0.5) is 0 Å². The minimum absolute atomic E-state index is 0.0399. The molecule has 34 heavy (non-hydrogen) atoms. The molecule has 0 saturated carbocycles. The number of benzene rings is 3. The Morgan fingerprint density at radius 2 is 1.65 bits per heavy atom. The molecule has 0 atom stereocenters. The van der Waals surface area contributed by atoms with Gasteiger partial charge in [0.05, 0.1) is 30.3 Å². The average Bonchev–Trinajstić information content (AvgIpc) is 3.25. The van der Waals surface area contributed by atoms with Crippen molar-refractivity contribution in [1.29, 1.82) is 0 Å². The molecule has 2 heterocycles. The van der Waals surface area contributed by atoms with Crippen LogP contribution in [0.15, 0.2) is 88.8 Å². The van der Waals surface area contributed by atoms with Crippen molar-refractivity contribution in [2.75, 3.05) is 7.11 Å². The lowest BCUT2D eigenvalue weighted by atomic mass is 10.2. The van der Waals surface area contributed by atoms with Crippen molar-refractivity contribution in [2.24, 2.45) is 7.05 Å². The van der Waals surface area contributed by atoms with Crippen molar-refractivity contribution in [1.82, 2.24) is 24.3 Å². The molecule has 0 aliphatic rings. The number of ether oxygens (including phenoxy) is 1. The Kier molecular flexibility index (Phi) is 6.14. The molecule has 3 aromatic carbocycles. The second-order valence-electron chi connectivity index (χ2n) is 7.80. The number of thioether (sulfide) groups is 1. The number of nitrogens with zero attached hydrogens (tertiary/aromatic N) is 5. The summed E-state index contributed by atoms with van der Waals surface area (Å²) in [5.41, 5.74) is 2.66. The van der Waals surface area contributed by atoms with Crippen molar-refractivity contribution < 1.29 is 4.74 Å². The van der Waals surface area contributed by atoms with Gasteiger partial charge < -0.3 is 9.30 Å². The zero-order valence-electron chi connectivity index (χ0n) is 18.9. The van der Waals surface area contributed by atoms with E-state index >= 15 is 0 Å². The van der Waals surface area contributed by atoms with E-state index in [0.29, 0.717) is 29.0 Å². The molecule has 0 amide bonds. The van der Waals surface area contributed by atoms with Gasteiger partial charge >= 0.3 is 0 Å². The molecular formula is C26H23N5O2S. The van der Waals surface area contributed by atoms with Crippen LogP contribution in [-0.2, 0) is 19.3 Å². The summed E-state index contributed by atoms with van der Waals surface area (Å²) in [6.07, 6.45) is 0. The summed E-state index contributed by atoms with van der Waals surface area (Å²) in [5, 5.41) is 10.1. The molecule has 0 aliphatic carbocycles. The van der Waals surface area contributed by atoms with Gasteiger partial charge in [0.25, 0.3) is 5.56 Å². The monoisotopic (exact) mass is 469 g/mol. The van der Waals surface area contributed by atoms with Crippen LogP contribution in [0.3, 0.4) is 0 Å². The first-order valence-electron chi connectivity index (χ1n) is 10.8. The molecule has 0 bridgehead atoms. The van der Waals surface area contributed by atoms with Crippen molar-refractivity contribution in [2.45, 2.75) is 17.5 Å². The second-order valence-corrected chi connectivity index (χ2v) is 8.75. The van der Waals surface area contributed by atoms with Crippen molar-refractivity contribution in [3.63, 3.8) is 0 Å². The minimum atomic E-state index is -0.0399. The summed E-state index contributed by atoms with van der Waals surface area (Å²) >= 11 is 1.51. The molecule has 0 saturated heterocycles. The summed E-state index contributed by atoms with van der Waals surface area (Å²) < 4.78 is 8.95. The Balaban J connectivity index is 1.46. The third kappa shape index (κ3) is 4.32. The topological polar surface area (TPSA) is 74.8 Å². The van der Waals surface area contributed by atoms with Crippen LogP contribution in [0.2, 0.25) is 0 Å². The van der Waals surface area contributed by atoms with Gasteiger partial charge in [0.1, 0.15) is 11.6 Å². The van der Waals surface area contributed by atoms with Gasteiger partial charge in [-0.05, 0) is 42.0 Å². The highest BCUT2D eigenvalue weighted by molar-refractivity contribution is 7.98. The maximum Gasteiger partial charge on any atom is 0.261 e. The van der Waals surface area contributed by atoms with E-state index in [1.54, 1.807) is 11.7 Å². The molecule has 5 rings (SSSR count). The van der Waals surface area contributed by atoms with E-state index in [1.165, 1.54) is 11.8 Å². The van der Waals surface area contributed by atoms with Crippen molar-refractivity contribution >= 4 is 22.7 Å². The molecule has 2 aromatic heterocycles. The van der Waals surface area contributed by atoms with Gasteiger partial charge in [0, 0.05) is 12.6 Å². The van der Waals surface area contributed by atoms with Crippen LogP contribution < -0.4 is 10.3 Å². The van der Waals surface area contributed by atoms with Gasteiger partial charge in [-0.1, -0.05) is 54.2 Å². The number of rotatable bonds is 7. The van der Waals surface area contributed by atoms with Crippen LogP contribution in [0.5, 0.6) is 5.75 Å². The van der Waals surface area contributed by atoms with Crippen LogP contribution >= 0.6 is 11.8 Å². The number of methoxy groups -OCH3 is 1. The molecule has 5 aromatic rings. The SMILES string of the molecule is COc1ccc(-c2nnc(SCc3nc4ccccc4c(=O)n3Cc3ccccc3)n2C)cc1. The Bertz CT molecular complexity index is 1490. The first-order valence-corrected chi connectivity index (χ1v) is 11.8. The third-order valence-electron chi connectivity index (χ3n) is 5.64. The maximum absolute atomic E-state index is 13.3. The lowest BCUT2D eigenvalue weighted by Crippen LogP contribution is -2.25. The first kappa shape index (κ1) is 21.9. The summed E-state index contributed by atoms with van der Waals surface area (Å²) in [5.74, 6) is 2.74. The zero-order chi connectivity index (χ0) is 23.5. The van der Waals surface area contributed by atoms with Crippen molar-refractivity contribution in [3.8, 4) is 17.1 Å². The second kappa shape index (κ2) is 9.52. The predicted molar refractivity (Wildman–Crippen MR) is 134 cm³/mol. The van der Waals surface area contributed by atoms with Crippen LogP contribution in [0.1, 0.15) is 11.4 Å². The molecule has 7 nitrogen and oxygen atoms in total. The van der Waals surface area contributed by atoms with Gasteiger partial charge in [-0.15, -0.1) is 10.2 Å². The Hall–Kier alpha value is -3.91. The van der Waals surface area contributed by atoms with E-state index in [9.17, 15) is 4.79 Å². The molecule has 8 heteroatoms. The van der Waals surface area contributed by atoms with E-state index in [2.05, 4.69) is 10.2 Å². The fourth-order valence-corrected chi connectivity index (χ4v) is 4.67. The number of hydrogen-bond acceptors (Lipinski definition) is 6. The molecule has 170 valence electrons. The highest BCUT2D eigenvalue weighted by Crippen LogP contribution is 2.26. The summed E-state index contributed by atoms with van der Waals surface area (Å²) in [4.78, 5) is 18.2. The van der Waals surface area contributed by atoms with Crippen LogP contribution in [0.25, 0.3) is 22.3 Å². The molecular weight excluding hydrogens is 446 g/mol. The average molecular weight is 470 g/mol. The highest BCUT2D eigenvalue weighted by Gasteiger charge is 2.15. The normalized spacial score (nSPS) is 11.1. The van der Waals surface area contributed by atoms with Gasteiger partial charge in [-0.3, -0.25) is 9.36 Å². The van der Waals surface area contributed by atoms with E-state index in [1.807, 2.05) is 90.5 Å². The van der Waals surface area contributed by atoms with Gasteiger partial charge in [-0.2, -0.15) is 0 Å². The standard InChI is InChI=1S/C26H23N5O2S/c1-30-24(19-12-14-20(33-2)15-13-19)28-29-26(30)34-17-23-27-22-11-7-6-10-21(22)25(32)31(23)16-18-8-4-3-5-9-18/h3-15H,16-17H2,1-2H3. The molecule has 0 fully saturated rings. The van der Waals surface area contributed by atoms with Gasteiger partial charge in [-0.25, -0.2) is 4.98 Å². The Morgan fingerprint density at radius 1 is 0.912 bits per heavy atom. The molecule has 0 aliphatic heterocycles. The zero-order valence-corrected chi connectivity index (χ0v) is 19.7.